The summed E-state index contributed by atoms with van der Waals surface area (Å²) in [7, 11) is -3.33. The van der Waals surface area contributed by atoms with E-state index in [0.29, 0.717) is 18.1 Å². The fraction of sp³-hybridized carbons (Fsp3) is 0.133. The summed E-state index contributed by atoms with van der Waals surface area (Å²) in [5, 5.41) is 4.01. The van der Waals surface area contributed by atoms with E-state index in [4.69, 9.17) is 0 Å². The monoisotopic (exact) mass is 329 g/mol. The Morgan fingerprint density at radius 1 is 1.13 bits per heavy atom. The Kier molecular flexibility index (Phi) is 4.07. The molecule has 0 aliphatic heterocycles. The van der Waals surface area contributed by atoms with Gasteiger partial charge in [-0.3, -0.25) is 9.71 Å². The van der Waals surface area contributed by atoms with Gasteiger partial charge in [0.2, 0.25) is 10.0 Å². The van der Waals surface area contributed by atoms with Crippen molar-refractivity contribution in [2.75, 3.05) is 16.3 Å². The highest BCUT2D eigenvalue weighted by molar-refractivity contribution is 7.92. The van der Waals surface area contributed by atoms with E-state index in [2.05, 4.69) is 25.0 Å². The number of aromatic nitrogens is 3. The Balaban J connectivity index is 1.86. The summed E-state index contributed by atoms with van der Waals surface area (Å²) in [5.41, 5.74) is 2.15. The molecule has 0 saturated carbocycles. The second-order valence-electron chi connectivity index (χ2n) is 5.00. The van der Waals surface area contributed by atoms with Gasteiger partial charge in [0.05, 0.1) is 22.8 Å². The largest absolute Gasteiger partial charge is 0.365 e. The minimum Gasteiger partial charge on any atom is -0.365 e. The van der Waals surface area contributed by atoms with E-state index in [-0.39, 0.29) is 0 Å². The summed E-state index contributed by atoms with van der Waals surface area (Å²) in [6.07, 6.45) is 5.97. The molecule has 1 aromatic carbocycles. The topological polar surface area (TPSA) is 96.9 Å². The van der Waals surface area contributed by atoms with Crippen molar-refractivity contribution in [2.24, 2.45) is 0 Å². The second-order valence-corrected chi connectivity index (χ2v) is 6.75. The first kappa shape index (κ1) is 15.2. The van der Waals surface area contributed by atoms with Crippen LogP contribution in [0.15, 0.2) is 49.1 Å². The Hall–Kier alpha value is -2.74. The molecule has 0 fully saturated rings. The van der Waals surface area contributed by atoms with Gasteiger partial charge >= 0.3 is 0 Å². The maximum Gasteiger partial charge on any atom is 0.229 e. The van der Waals surface area contributed by atoms with Crippen molar-refractivity contribution in [3.63, 3.8) is 0 Å². The van der Waals surface area contributed by atoms with Gasteiger partial charge in [0.15, 0.2) is 0 Å². The van der Waals surface area contributed by atoms with Crippen molar-refractivity contribution in [3.8, 4) is 0 Å². The van der Waals surface area contributed by atoms with E-state index in [1.807, 2.05) is 12.1 Å². The number of nitrogens with one attached hydrogen (secondary N) is 2. The molecule has 0 radical (unpaired) electrons. The molecule has 2 N–H and O–H groups in total. The molecule has 7 nitrogen and oxygen atoms in total. The molecule has 118 valence electrons. The predicted molar refractivity (Wildman–Crippen MR) is 89.6 cm³/mol. The van der Waals surface area contributed by atoms with E-state index in [1.54, 1.807) is 30.6 Å². The van der Waals surface area contributed by atoms with Crippen LogP contribution >= 0.6 is 0 Å². The van der Waals surface area contributed by atoms with Gasteiger partial charge in [-0.05, 0) is 17.7 Å². The first-order chi connectivity index (χ1) is 11.0. The molecule has 0 aliphatic rings. The highest BCUT2D eigenvalue weighted by Gasteiger charge is 2.08. The van der Waals surface area contributed by atoms with E-state index >= 15 is 0 Å². The third kappa shape index (κ3) is 3.72. The third-order valence-corrected chi connectivity index (χ3v) is 3.79. The lowest BCUT2D eigenvalue weighted by molar-refractivity contribution is 0.606. The van der Waals surface area contributed by atoms with E-state index in [9.17, 15) is 8.42 Å². The summed E-state index contributed by atoms with van der Waals surface area (Å²) in [4.78, 5) is 12.5. The number of hydrogen-bond donors (Lipinski definition) is 2. The smallest absolute Gasteiger partial charge is 0.229 e. The zero-order chi connectivity index (χ0) is 16.3. The second kappa shape index (κ2) is 6.17. The van der Waals surface area contributed by atoms with E-state index in [0.717, 1.165) is 22.7 Å². The van der Waals surface area contributed by atoms with Crippen LogP contribution < -0.4 is 10.0 Å². The zero-order valence-corrected chi connectivity index (χ0v) is 13.2. The van der Waals surface area contributed by atoms with Crippen molar-refractivity contribution >= 4 is 32.4 Å². The Bertz CT molecular complexity index is 938. The number of benzene rings is 1. The summed E-state index contributed by atoms with van der Waals surface area (Å²) in [6, 6.07) is 9.01. The molecular weight excluding hydrogens is 314 g/mol. The molecule has 0 saturated heterocycles. The molecule has 0 bridgehead atoms. The summed E-state index contributed by atoms with van der Waals surface area (Å²) >= 11 is 0. The van der Waals surface area contributed by atoms with Crippen LogP contribution in [0.3, 0.4) is 0 Å². The lowest BCUT2D eigenvalue weighted by Crippen LogP contribution is -2.12. The fourth-order valence-electron chi connectivity index (χ4n) is 2.19. The zero-order valence-electron chi connectivity index (χ0n) is 12.4. The molecule has 23 heavy (non-hydrogen) atoms. The van der Waals surface area contributed by atoms with Crippen LogP contribution in [0.4, 0.5) is 11.5 Å². The molecule has 0 aliphatic carbocycles. The Labute approximate surface area is 133 Å². The van der Waals surface area contributed by atoms with Crippen LogP contribution in [0.2, 0.25) is 0 Å². The van der Waals surface area contributed by atoms with Gasteiger partial charge in [-0.1, -0.05) is 18.2 Å². The van der Waals surface area contributed by atoms with Crippen molar-refractivity contribution in [2.45, 2.75) is 6.54 Å². The van der Waals surface area contributed by atoms with Gasteiger partial charge in [-0.25, -0.2) is 18.4 Å². The van der Waals surface area contributed by atoms with Gasteiger partial charge in [0.25, 0.3) is 0 Å². The molecule has 2 heterocycles. The quantitative estimate of drug-likeness (QED) is 0.743. The summed E-state index contributed by atoms with van der Waals surface area (Å²) < 4.78 is 25.4. The first-order valence-electron chi connectivity index (χ1n) is 6.87. The molecule has 3 rings (SSSR count). The maximum atomic E-state index is 11.4. The fourth-order valence-corrected chi connectivity index (χ4v) is 2.79. The van der Waals surface area contributed by atoms with Crippen molar-refractivity contribution < 1.29 is 8.42 Å². The number of pyridine rings is 1. The number of para-hydroxylation sites is 1. The van der Waals surface area contributed by atoms with Crippen molar-refractivity contribution in [1.29, 1.82) is 0 Å². The number of sulfonamides is 1. The third-order valence-electron chi connectivity index (χ3n) is 3.20. The number of fused-ring (bicyclic) bond motifs is 1. The average molecular weight is 329 g/mol. The summed E-state index contributed by atoms with van der Waals surface area (Å²) in [5.74, 6) is 0.650. The molecule has 8 heteroatoms. The van der Waals surface area contributed by atoms with Crippen molar-refractivity contribution in [1.82, 2.24) is 15.0 Å². The van der Waals surface area contributed by atoms with Gasteiger partial charge in [-0.15, -0.1) is 0 Å². The average Bonchev–Trinajstić information content (AvgIpc) is 2.52. The van der Waals surface area contributed by atoms with Crippen LogP contribution in [0.1, 0.15) is 5.56 Å². The lowest BCUT2D eigenvalue weighted by Gasteiger charge is -2.12. The number of hydrogen-bond acceptors (Lipinski definition) is 6. The van der Waals surface area contributed by atoms with Gasteiger partial charge in [-0.2, -0.15) is 0 Å². The molecule has 0 spiro atoms. The van der Waals surface area contributed by atoms with Gasteiger partial charge in [0.1, 0.15) is 12.1 Å². The van der Waals surface area contributed by atoms with Crippen LogP contribution in [0, 0.1) is 0 Å². The molecule has 3 aromatic rings. The van der Waals surface area contributed by atoms with Crippen LogP contribution in [-0.4, -0.2) is 29.6 Å². The Morgan fingerprint density at radius 2 is 1.96 bits per heavy atom. The van der Waals surface area contributed by atoms with Crippen LogP contribution in [-0.2, 0) is 16.6 Å². The van der Waals surface area contributed by atoms with E-state index in [1.165, 1.54) is 6.33 Å². The number of anilines is 2. The Morgan fingerprint density at radius 3 is 2.78 bits per heavy atom. The molecule has 0 amide bonds. The first-order valence-corrected chi connectivity index (χ1v) is 8.76. The molecular formula is C15H15N5O2S. The number of nitrogens with zero attached hydrogens (tertiary/aromatic N) is 3. The predicted octanol–water partition coefficient (Wildman–Crippen LogP) is 2.01. The highest BCUT2D eigenvalue weighted by atomic mass is 32.2. The molecule has 0 unspecified atom stereocenters. The van der Waals surface area contributed by atoms with Gasteiger partial charge in [0, 0.05) is 18.9 Å². The van der Waals surface area contributed by atoms with E-state index < -0.39 is 10.0 Å². The maximum absolute atomic E-state index is 11.4. The SMILES string of the molecule is CS(=O)(=O)Nc1ccccc1CNc1ncnc2ccncc12. The highest BCUT2D eigenvalue weighted by Crippen LogP contribution is 2.21. The molecule has 0 atom stereocenters. The number of rotatable bonds is 5. The summed E-state index contributed by atoms with van der Waals surface area (Å²) in [6.45, 7) is 0.416. The normalized spacial score (nSPS) is 11.3. The standard InChI is InChI=1S/C15H15N5O2S/c1-23(21,22)20-13-5-3-2-4-11(13)8-17-15-12-9-16-7-6-14(12)18-10-19-15/h2-7,9-10,20H,8H2,1H3,(H,17,18,19). The van der Waals surface area contributed by atoms with Crippen LogP contribution in [0.25, 0.3) is 10.9 Å². The minimum atomic E-state index is -3.33. The van der Waals surface area contributed by atoms with Crippen molar-refractivity contribution in [3.05, 3.63) is 54.6 Å². The molecule has 2 aromatic heterocycles. The van der Waals surface area contributed by atoms with Crippen LogP contribution in [0.5, 0.6) is 0 Å². The van der Waals surface area contributed by atoms with Gasteiger partial charge < -0.3 is 5.32 Å². The minimum absolute atomic E-state index is 0.416. The lowest BCUT2D eigenvalue weighted by atomic mass is 10.2.